The zero-order valence-corrected chi connectivity index (χ0v) is 8.14. The SMILES string of the molecule is CCOC(=O)CC=C1CCNCC1. The fraction of sp³-hybridized carbons (Fsp3) is 0.700. The van der Waals surface area contributed by atoms with Crippen molar-refractivity contribution in [2.75, 3.05) is 19.7 Å². The quantitative estimate of drug-likeness (QED) is 0.528. The summed E-state index contributed by atoms with van der Waals surface area (Å²) in [5.74, 6) is -0.117. The number of carbonyl (C=O) groups excluding carboxylic acids is 1. The highest BCUT2D eigenvalue weighted by atomic mass is 16.5. The molecule has 74 valence electrons. The van der Waals surface area contributed by atoms with Gasteiger partial charge in [0.1, 0.15) is 0 Å². The minimum atomic E-state index is -0.117. The summed E-state index contributed by atoms with van der Waals surface area (Å²) in [6.07, 6.45) is 4.58. The van der Waals surface area contributed by atoms with E-state index in [0.29, 0.717) is 13.0 Å². The molecule has 0 aromatic carbocycles. The van der Waals surface area contributed by atoms with Crippen molar-refractivity contribution in [2.24, 2.45) is 0 Å². The first kappa shape index (κ1) is 10.3. The normalized spacial score (nSPS) is 16.8. The lowest BCUT2D eigenvalue weighted by Gasteiger charge is -2.14. The summed E-state index contributed by atoms with van der Waals surface area (Å²) in [4.78, 5) is 11.0. The first-order valence-corrected chi connectivity index (χ1v) is 4.87. The van der Waals surface area contributed by atoms with Gasteiger partial charge in [0, 0.05) is 0 Å². The van der Waals surface area contributed by atoms with Crippen LogP contribution < -0.4 is 5.32 Å². The molecule has 1 aliphatic rings. The van der Waals surface area contributed by atoms with Crippen molar-refractivity contribution in [3.63, 3.8) is 0 Å². The monoisotopic (exact) mass is 183 g/mol. The van der Waals surface area contributed by atoms with Crippen molar-refractivity contribution in [3.8, 4) is 0 Å². The minimum absolute atomic E-state index is 0.117. The zero-order chi connectivity index (χ0) is 9.52. The molecular weight excluding hydrogens is 166 g/mol. The Morgan fingerprint density at radius 3 is 2.85 bits per heavy atom. The van der Waals surface area contributed by atoms with Crippen molar-refractivity contribution in [1.82, 2.24) is 5.32 Å². The van der Waals surface area contributed by atoms with Gasteiger partial charge in [-0.25, -0.2) is 0 Å². The summed E-state index contributed by atoms with van der Waals surface area (Å²) in [5.41, 5.74) is 1.38. The molecule has 0 unspecified atom stereocenters. The second-order valence-corrected chi connectivity index (χ2v) is 3.12. The molecule has 1 fully saturated rings. The molecule has 0 saturated carbocycles. The average molecular weight is 183 g/mol. The fourth-order valence-corrected chi connectivity index (χ4v) is 1.40. The fourth-order valence-electron chi connectivity index (χ4n) is 1.40. The molecular formula is C10H17NO2. The van der Waals surface area contributed by atoms with E-state index in [9.17, 15) is 4.79 Å². The Bertz CT molecular complexity index is 191. The van der Waals surface area contributed by atoms with Crippen molar-refractivity contribution in [2.45, 2.75) is 26.2 Å². The van der Waals surface area contributed by atoms with Gasteiger partial charge < -0.3 is 10.1 Å². The highest BCUT2D eigenvalue weighted by Crippen LogP contribution is 2.10. The van der Waals surface area contributed by atoms with Crippen LogP contribution >= 0.6 is 0 Å². The first-order chi connectivity index (χ1) is 6.33. The van der Waals surface area contributed by atoms with Crippen LogP contribution in [0.2, 0.25) is 0 Å². The molecule has 0 aliphatic carbocycles. The van der Waals surface area contributed by atoms with Crippen molar-refractivity contribution in [1.29, 1.82) is 0 Å². The maximum absolute atomic E-state index is 11.0. The van der Waals surface area contributed by atoms with Gasteiger partial charge in [-0.1, -0.05) is 11.6 Å². The van der Waals surface area contributed by atoms with Crippen LogP contribution in [-0.4, -0.2) is 25.7 Å². The second kappa shape index (κ2) is 5.75. The third-order valence-electron chi connectivity index (χ3n) is 2.11. The van der Waals surface area contributed by atoms with E-state index >= 15 is 0 Å². The predicted molar refractivity (Wildman–Crippen MR) is 51.4 cm³/mol. The number of hydrogen-bond donors (Lipinski definition) is 1. The van der Waals surface area contributed by atoms with E-state index in [4.69, 9.17) is 4.74 Å². The number of rotatable bonds is 3. The summed E-state index contributed by atoms with van der Waals surface area (Å²) in [6, 6.07) is 0. The van der Waals surface area contributed by atoms with Crippen molar-refractivity contribution >= 4 is 5.97 Å². The Labute approximate surface area is 79.2 Å². The van der Waals surface area contributed by atoms with Gasteiger partial charge in [-0.15, -0.1) is 0 Å². The van der Waals surface area contributed by atoms with Crippen molar-refractivity contribution in [3.05, 3.63) is 11.6 Å². The Morgan fingerprint density at radius 1 is 1.54 bits per heavy atom. The molecule has 0 spiro atoms. The van der Waals surface area contributed by atoms with E-state index in [0.717, 1.165) is 25.9 Å². The Hall–Kier alpha value is -0.830. The van der Waals surface area contributed by atoms with Gasteiger partial charge in [0.05, 0.1) is 13.0 Å². The first-order valence-electron chi connectivity index (χ1n) is 4.87. The maximum Gasteiger partial charge on any atom is 0.309 e. The van der Waals surface area contributed by atoms with E-state index < -0.39 is 0 Å². The number of hydrogen-bond acceptors (Lipinski definition) is 3. The van der Waals surface area contributed by atoms with Gasteiger partial charge in [0.15, 0.2) is 0 Å². The molecule has 3 nitrogen and oxygen atoms in total. The summed E-state index contributed by atoms with van der Waals surface area (Å²) in [5, 5.41) is 3.27. The van der Waals surface area contributed by atoms with Gasteiger partial charge in [0.2, 0.25) is 0 Å². The summed E-state index contributed by atoms with van der Waals surface area (Å²) in [7, 11) is 0. The number of nitrogens with one attached hydrogen (secondary N) is 1. The topological polar surface area (TPSA) is 38.3 Å². The van der Waals surface area contributed by atoms with E-state index in [2.05, 4.69) is 5.32 Å². The Balaban J connectivity index is 2.25. The lowest BCUT2D eigenvalue weighted by atomic mass is 10.0. The van der Waals surface area contributed by atoms with E-state index in [-0.39, 0.29) is 5.97 Å². The van der Waals surface area contributed by atoms with Gasteiger partial charge in [-0.3, -0.25) is 4.79 Å². The third kappa shape index (κ3) is 4.08. The van der Waals surface area contributed by atoms with Crippen LogP contribution in [0.4, 0.5) is 0 Å². The van der Waals surface area contributed by atoms with Crippen LogP contribution in [0.3, 0.4) is 0 Å². The van der Waals surface area contributed by atoms with E-state index in [1.165, 1.54) is 5.57 Å². The molecule has 0 radical (unpaired) electrons. The summed E-state index contributed by atoms with van der Waals surface area (Å²) < 4.78 is 4.83. The minimum Gasteiger partial charge on any atom is -0.466 e. The Kier molecular flexibility index (Phi) is 4.54. The van der Waals surface area contributed by atoms with Gasteiger partial charge in [-0.05, 0) is 32.9 Å². The predicted octanol–water partition coefficient (Wildman–Crippen LogP) is 1.25. The summed E-state index contributed by atoms with van der Waals surface area (Å²) in [6.45, 7) is 4.38. The molecule has 0 aromatic heterocycles. The highest BCUT2D eigenvalue weighted by molar-refractivity contribution is 5.71. The Morgan fingerprint density at radius 2 is 2.23 bits per heavy atom. The molecule has 1 heterocycles. The molecule has 1 saturated heterocycles. The molecule has 3 heteroatoms. The van der Waals surface area contributed by atoms with Crippen molar-refractivity contribution < 1.29 is 9.53 Å². The molecule has 0 bridgehead atoms. The third-order valence-corrected chi connectivity index (χ3v) is 2.11. The average Bonchev–Trinajstić information content (AvgIpc) is 2.17. The maximum atomic E-state index is 11.0. The molecule has 1 rings (SSSR count). The number of piperidine rings is 1. The largest absolute Gasteiger partial charge is 0.466 e. The van der Waals surface area contributed by atoms with E-state index in [1.807, 2.05) is 13.0 Å². The zero-order valence-electron chi connectivity index (χ0n) is 8.14. The molecule has 1 N–H and O–H groups in total. The molecule has 13 heavy (non-hydrogen) atoms. The van der Waals surface area contributed by atoms with Crippen LogP contribution in [0.5, 0.6) is 0 Å². The van der Waals surface area contributed by atoms with Crippen LogP contribution in [0.1, 0.15) is 26.2 Å². The molecule has 1 aliphatic heterocycles. The second-order valence-electron chi connectivity index (χ2n) is 3.12. The summed E-state index contributed by atoms with van der Waals surface area (Å²) >= 11 is 0. The van der Waals surface area contributed by atoms with E-state index in [1.54, 1.807) is 0 Å². The number of esters is 1. The number of ether oxygens (including phenoxy) is 1. The van der Waals surface area contributed by atoms with Crippen LogP contribution in [0.15, 0.2) is 11.6 Å². The highest BCUT2D eigenvalue weighted by Gasteiger charge is 2.05. The molecule has 0 amide bonds. The lowest BCUT2D eigenvalue weighted by molar-refractivity contribution is -0.142. The standard InChI is InChI=1S/C10H17NO2/c1-2-13-10(12)4-3-9-5-7-11-8-6-9/h3,11H,2,4-8H2,1H3. The van der Waals surface area contributed by atoms with Crippen LogP contribution in [0.25, 0.3) is 0 Å². The van der Waals surface area contributed by atoms with Crippen LogP contribution in [0, 0.1) is 0 Å². The van der Waals surface area contributed by atoms with Gasteiger partial charge >= 0.3 is 5.97 Å². The molecule has 0 atom stereocenters. The van der Waals surface area contributed by atoms with Gasteiger partial charge in [0.25, 0.3) is 0 Å². The van der Waals surface area contributed by atoms with Crippen LogP contribution in [-0.2, 0) is 9.53 Å². The number of carbonyl (C=O) groups is 1. The van der Waals surface area contributed by atoms with Gasteiger partial charge in [-0.2, -0.15) is 0 Å². The molecule has 0 aromatic rings. The lowest BCUT2D eigenvalue weighted by Crippen LogP contribution is -2.23. The smallest absolute Gasteiger partial charge is 0.309 e.